The van der Waals surface area contributed by atoms with Crippen molar-refractivity contribution in [1.29, 1.82) is 0 Å². The van der Waals surface area contributed by atoms with Gasteiger partial charge in [-0.1, -0.05) is 23.2 Å². The molecular weight excluding hydrogens is 551 g/mol. The average molecular weight is 553 g/mol. The molecular formula is C12H2Br4Cl2O. The molecule has 0 amide bonds. The number of furan rings is 1. The van der Waals surface area contributed by atoms with Gasteiger partial charge in [-0.15, -0.1) is 0 Å². The van der Waals surface area contributed by atoms with Crippen molar-refractivity contribution in [2.75, 3.05) is 0 Å². The minimum Gasteiger partial charge on any atom is -0.454 e. The van der Waals surface area contributed by atoms with Crippen molar-refractivity contribution in [1.82, 2.24) is 0 Å². The maximum atomic E-state index is 6.35. The van der Waals surface area contributed by atoms with Gasteiger partial charge in [0, 0.05) is 15.2 Å². The van der Waals surface area contributed by atoms with Crippen LogP contribution in [-0.2, 0) is 0 Å². The molecule has 1 heterocycles. The second kappa shape index (κ2) is 5.18. The molecule has 0 aliphatic heterocycles. The largest absolute Gasteiger partial charge is 0.454 e. The van der Waals surface area contributed by atoms with Crippen LogP contribution < -0.4 is 0 Å². The summed E-state index contributed by atoms with van der Waals surface area (Å²) in [4.78, 5) is 0. The number of fused-ring (bicyclic) bond motifs is 3. The summed E-state index contributed by atoms with van der Waals surface area (Å²) in [5, 5.41) is 2.64. The maximum Gasteiger partial charge on any atom is 0.152 e. The SMILES string of the molecule is Clc1c(Br)c(Br)c2oc3c(Br)c(Br)ccc3c2c1Cl. The Morgan fingerprint density at radius 2 is 1.47 bits per heavy atom. The zero-order chi connectivity index (χ0) is 13.9. The number of rotatable bonds is 0. The van der Waals surface area contributed by atoms with Crippen molar-refractivity contribution in [2.24, 2.45) is 0 Å². The van der Waals surface area contributed by atoms with Crippen LogP contribution in [0.25, 0.3) is 21.9 Å². The molecule has 98 valence electrons. The zero-order valence-corrected chi connectivity index (χ0v) is 16.7. The molecule has 0 unspecified atom stereocenters. The lowest BCUT2D eigenvalue weighted by molar-refractivity contribution is 0.664. The van der Waals surface area contributed by atoms with Crippen LogP contribution in [0.4, 0.5) is 0 Å². The normalized spacial score (nSPS) is 11.7. The lowest BCUT2D eigenvalue weighted by Crippen LogP contribution is -1.78. The van der Waals surface area contributed by atoms with Gasteiger partial charge in [-0.2, -0.15) is 0 Å². The molecule has 0 aliphatic carbocycles. The Balaban J connectivity index is 2.66. The van der Waals surface area contributed by atoms with Gasteiger partial charge in [0.15, 0.2) is 11.2 Å². The quantitative estimate of drug-likeness (QED) is 0.204. The fraction of sp³-hybridized carbons (Fsp3) is 0. The third kappa shape index (κ3) is 2.12. The lowest BCUT2D eigenvalue weighted by Gasteiger charge is -2.03. The summed E-state index contributed by atoms with van der Waals surface area (Å²) in [6.45, 7) is 0. The van der Waals surface area contributed by atoms with Crippen LogP contribution in [0.1, 0.15) is 0 Å². The van der Waals surface area contributed by atoms with Crippen LogP contribution >= 0.6 is 86.9 Å². The average Bonchev–Trinajstić information content (AvgIpc) is 2.78. The van der Waals surface area contributed by atoms with Crippen LogP contribution in [0.3, 0.4) is 0 Å². The Kier molecular flexibility index (Phi) is 4.00. The van der Waals surface area contributed by atoms with Gasteiger partial charge in [0.1, 0.15) is 0 Å². The molecule has 0 aliphatic rings. The van der Waals surface area contributed by atoms with Crippen LogP contribution in [0, 0.1) is 0 Å². The molecule has 0 saturated heterocycles. The lowest BCUT2D eigenvalue weighted by atomic mass is 10.1. The van der Waals surface area contributed by atoms with Gasteiger partial charge < -0.3 is 4.42 Å². The minimum absolute atomic E-state index is 0.461. The second-order valence-corrected chi connectivity index (χ2v) is 7.79. The summed E-state index contributed by atoms with van der Waals surface area (Å²) in [7, 11) is 0. The Morgan fingerprint density at radius 1 is 0.789 bits per heavy atom. The summed E-state index contributed by atoms with van der Waals surface area (Å²) >= 11 is 26.4. The first-order valence-electron chi connectivity index (χ1n) is 4.95. The number of benzene rings is 2. The van der Waals surface area contributed by atoms with Crippen LogP contribution in [-0.4, -0.2) is 0 Å². The van der Waals surface area contributed by atoms with E-state index in [0.717, 1.165) is 29.8 Å². The summed E-state index contributed by atoms with van der Waals surface area (Å²) in [5.74, 6) is 0. The third-order valence-corrected chi connectivity index (χ3v) is 7.89. The molecule has 0 saturated carbocycles. The standard InChI is InChI=1S/C12H2Br4Cl2O/c13-4-2-1-3-5-9(17)10(18)7(15)8(16)12(5)19-11(3)6(4)14/h1-2H. The van der Waals surface area contributed by atoms with Gasteiger partial charge in [-0.25, -0.2) is 0 Å². The molecule has 3 rings (SSSR count). The first-order valence-corrected chi connectivity index (χ1v) is 8.88. The Hall–Kier alpha value is 0.740. The monoisotopic (exact) mass is 548 g/mol. The predicted molar refractivity (Wildman–Crippen MR) is 94.5 cm³/mol. The summed E-state index contributed by atoms with van der Waals surface area (Å²) in [6.07, 6.45) is 0. The summed E-state index contributed by atoms with van der Waals surface area (Å²) in [6, 6.07) is 3.88. The molecule has 0 fully saturated rings. The third-order valence-electron chi connectivity index (χ3n) is 2.75. The molecule has 0 radical (unpaired) electrons. The van der Waals surface area contributed by atoms with E-state index in [1.54, 1.807) is 0 Å². The molecule has 19 heavy (non-hydrogen) atoms. The van der Waals surface area contributed by atoms with Gasteiger partial charge >= 0.3 is 0 Å². The molecule has 0 N–H and O–H groups in total. The predicted octanol–water partition coefficient (Wildman–Crippen LogP) is 7.94. The molecule has 1 nitrogen and oxygen atoms in total. The molecule has 3 aromatic rings. The van der Waals surface area contributed by atoms with E-state index < -0.39 is 0 Å². The highest BCUT2D eigenvalue weighted by atomic mass is 79.9. The fourth-order valence-corrected chi connectivity index (χ4v) is 4.17. The van der Waals surface area contributed by atoms with Gasteiger partial charge in [0.05, 0.1) is 23.5 Å². The van der Waals surface area contributed by atoms with Crippen molar-refractivity contribution in [3.63, 3.8) is 0 Å². The number of hydrogen-bond acceptors (Lipinski definition) is 1. The molecule has 1 aromatic heterocycles. The second-order valence-electron chi connectivity index (χ2n) is 3.80. The van der Waals surface area contributed by atoms with Crippen molar-refractivity contribution in [3.05, 3.63) is 40.1 Å². The summed E-state index contributed by atoms with van der Waals surface area (Å²) < 4.78 is 9.10. The van der Waals surface area contributed by atoms with Gasteiger partial charge in [0.2, 0.25) is 0 Å². The van der Waals surface area contributed by atoms with Crippen molar-refractivity contribution in [3.8, 4) is 0 Å². The molecule has 2 aromatic carbocycles. The highest BCUT2D eigenvalue weighted by molar-refractivity contribution is 9.13. The number of halogens is 6. The van der Waals surface area contributed by atoms with E-state index in [0.29, 0.717) is 20.1 Å². The van der Waals surface area contributed by atoms with Crippen molar-refractivity contribution < 1.29 is 4.42 Å². The first-order chi connectivity index (χ1) is 8.93. The minimum atomic E-state index is 0.461. The van der Waals surface area contributed by atoms with Gasteiger partial charge in [0.25, 0.3) is 0 Å². The van der Waals surface area contributed by atoms with Crippen molar-refractivity contribution in [2.45, 2.75) is 0 Å². The van der Waals surface area contributed by atoms with Gasteiger partial charge in [-0.05, 0) is 75.9 Å². The van der Waals surface area contributed by atoms with Crippen LogP contribution in [0.15, 0.2) is 34.4 Å². The highest BCUT2D eigenvalue weighted by Crippen LogP contribution is 2.48. The smallest absolute Gasteiger partial charge is 0.152 e. The number of hydrogen-bond donors (Lipinski definition) is 0. The van der Waals surface area contributed by atoms with Gasteiger partial charge in [-0.3, -0.25) is 0 Å². The maximum absolute atomic E-state index is 6.35. The summed E-state index contributed by atoms with van der Waals surface area (Å²) in [5.41, 5.74) is 1.39. The Morgan fingerprint density at radius 3 is 2.16 bits per heavy atom. The molecule has 0 spiro atoms. The first kappa shape index (κ1) is 14.7. The van der Waals surface area contributed by atoms with E-state index in [2.05, 4.69) is 63.7 Å². The fourth-order valence-electron chi connectivity index (χ4n) is 1.88. The Bertz CT molecular complexity index is 841. The van der Waals surface area contributed by atoms with Crippen LogP contribution in [0.5, 0.6) is 0 Å². The zero-order valence-electron chi connectivity index (χ0n) is 8.83. The molecule has 7 heteroatoms. The van der Waals surface area contributed by atoms with E-state index in [1.807, 2.05) is 12.1 Å². The molecule has 0 bridgehead atoms. The van der Waals surface area contributed by atoms with E-state index in [4.69, 9.17) is 27.6 Å². The van der Waals surface area contributed by atoms with E-state index in [1.165, 1.54) is 0 Å². The van der Waals surface area contributed by atoms with E-state index >= 15 is 0 Å². The van der Waals surface area contributed by atoms with Crippen LogP contribution in [0.2, 0.25) is 10.0 Å². The molecule has 0 atom stereocenters. The Labute approximate surface area is 152 Å². The van der Waals surface area contributed by atoms with E-state index in [9.17, 15) is 0 Å². The van der Waals surface area contributed by atoms with E-state index in [-0.39, 0.29) is 0 Å². The van der Waals surface area contributed by atoms with Crippen molar-refractivity contribution >= 4 is 109 Å². The topological polar surface area (TPSA) is 13.1 Å². The highest BCUT2D eigenvalue weighted by Gasteiger charge is 2.21.